The van der Waals surface area contributed by atoms with Crippen LogP contribution in [0.3, 0.4) is 0 Å². The van der Waals surface area contributed by atoms with Crippen LogP contribution in [0.2, 0.25) is 0 Å². The van der Waals surface area contributed by atoms with E-state index >= 15 is 0 Å². The fourth-order valence-electron chi connectivity index (χ4n) is 1.15. The van der Waals surface area contributed by atoms with E-state index in [0.717, 1.165) is 12.8 Å². The van der Waals surface area contributed by atoms with E-state index in [1.165, 1.54) is 0 Å². The van der Waals surface area contributed by atoms with Crippen molar-refractivity contribution >= 4 is 15.9 Å². The minimum Gasteiger partial charge on any atom is -0.392 e. The van der Waals surface area contributed by atoms with Gasteiger partial charge in [-0.1, -0.05) is 15.9 Å². The Hall–Kier alpha value is 0.400. The van der Waals surface area contributed by atoms with E-state index in [4.69, 9.17) is 4.74 Å². The number of aliphatic hydroxyl groups is 1. The number of ether oxygens (including phenoxy) is 1. The average Bonchev–Trinajstić information content (AvgIpc) is 2.15. The normalized spacial score (nSPS) is 43.7. The quantitative estimate of drug-likeness (QED) is 0.630. The highest BCUT2D eigenvalue weighted by Crippen LogP contribution is 2.27. The molecule has 0 aromatic carbocycles. The van der Waals surface area contributed by atoms with E-state index < -0.39 is 0 Å². The number of alkyl halides is 1. The lowest BCUT2D eigenvalue weighted by atomic mass is 10.3. The van der Waals surface area contributed by atoms with Crippen molar-refractivity contribution in [2.45, 2.75) is 29.9 Å². The Morgan fingerprint density at radius 3 is 2.44 bits per heavy atom. The molecule has 1 aliphatic carbocycles. The maximum Gasteiger partial charge on any atom is 0.0722 e. The van der Waals surface area contributed by atoms with E-state index in [2.05, 4.69) is 15.9 Å². The largest absolute Gasteiger partial charge is 0.392 e. The predicted octanol–water partition coefficient (Wildman–Crippen LogP) is 0.920. The van der Waals surface area contributed by atoms with Crippen molar-refractivity contribution in [3.63, 3.8) is 0 Å². The van der Waals surface area contributed by atoms with E-state index in [9.17, 15) is 5.11 Å². The predicted molar refractivity (Wildman–Crippen MR) is 38.8 cm³/mol. The minimum absolute atomic E-state index is 0.141. The Labute approximate surface area is 63.3 Å². The van der Waals surface area contributed by atoms with E-state index in [0.29, 0.717) is 0 Å². The summed E-state index contributed by atoms with van der Waals surface area (Å²) >= 11 is 3.36. The fourth-order valence-corrected chi connectivity index (χ4v) is 1.89. The molecular formula is C6H11BrO2. The molecule has 1 aliphatic rings. The van der Waals surface area contributed by atoms with E-state index in [1.54, 1.807) is 7.11 Å². The second kappa shape index (κ2) is 2.99. The molecule has 0 heterocycles. The molecule has 1 fully saturated rings. The van der Waals surface area contributed by atoms with Gasteiger partial charge in [-0.3, -0.25) is 0 Å². The summed E-state index contributed by atoms with van der Waals surface area (Å²) in [6, 6.07) is 0. The highest BCUT2D eigenvalue weighted by Gasteiger charge is 2.32. The molecule has 0 bridgehead atoms. The SMILES string of the molecule is CO[C@@H]1CC[C@H](O)[C@H]1Br. The molecule has 54 valence electrons. The van der Waals surface area contributed by atoms with Crippen molar-refractivity contribution in [1.82, 2.24) is 0 Å². The van der Waals surface area contributed by atoms with Gasteiger partial charge in [0.2, 0.25) is 0 Å². The summed E-state index contributed by atoms with van der Waals surface area (Å²) in [4.78, 5) is 0.141. The number of hydrogen-bond donors (Lipinski definition) is 1. The van der Waals surface area contributed by atoms with Gasteiger partial charge in [-0.25, -0.2) is 0 Å². The van der Waals surface area contributed by atoms with Crippen LogP contribution in [0, 0.1) is 0 Å². The Kier molecular flexibility index (Phi) is 2.50. The zero-order chi connectivity index (χ0) is 6.85. The van der Waals surface area contributed by atoms with Crippen LogP contribution in [0.1, 0.15) is 12.8 Å². The van der Waals surface area contributed by atoms with Crippen molar-refractivity contribution in [1.29, 1.82) is 0 Å². The molecule has 0 aromatic rings. The molecule has 1 rings (SSSR count). The van der Waals surface area contributed by atoms with Gasteiger partial charge in [0.25, 0.3) is 0 Å². The Morgan fingerprint density at radius 2 is 2.22 bits per heavy atom. The van der Waals surface area contributed by atoms with E-state index in [-0.39, 0.29) is 17.0 Å². The molecule has 1 saturated carbocycles. The zero-order valence-electron chi connectivity index (χ0n) is 5.38. The third kappa shape index (κ3) is 1.45. The molecule has 0 saturated heterocycles. The van der Waals surface area contributed by atoms with Gasteiger partial charge < -0.3 is 9.84 Å². The van der Waals surface area contributed by atoms with Crippen molar-refractivity contribution < 1.29 is 9.84 Å². The van der Waals surface area contributed by atoms with Gasteiger partial charge in [0.05, 0.1) is 17.0 Å². The van der Waals surface area contributed by atoms with Gasteiger partial charge in [-0.2, -0.15) is 0 Å². The van der Waals surface area contributed by atoms with Gasteiger partial charge in [0, 0.05) is 7.11 Å². The fraction of sp³-hybridized carbons (Fsp3) is 1.00. The number of rotatable bonds is 1. The molecule has 3 heteroatoms. The van der Waals surface area contributed by atoms with Gasteiger partial charge in [-0.15, -0.1) is 0 Å². The summed E-state index contributed by atoms with van der Waals surface area (Å²) in [6.45, 7) is 0. The Balaban J connectivity index is 2.41. The lowest BCUT2D eigenvalue weighted by molar-refractivity contribution is 0.0981. The molecular weight excluding hydrogens is 184 g/mol. The van der Waals surface area contributed by atoms with Crippen LogP contribution in [0.4, 0.5) is 0 Å². The lowest BCUT2D eigenvalue weighted by Gasteiger charge is -2.12. The van der Waals surface area contributed by atoms with Crippen LogP contribution in [0.25, 0.3) is 0 Å². The summed E-state index contributed by atoms with van der Waals surface area (Å²) in [7, 11) is 1.68. The number of hydrogen-bond acceptors (Lipinski definition) is 2. The number of methoxy groups -OCH3 is 1. The molecule has 0 aliphatic heterocycles. The third-order valence-electron chi connectivity index (χ3n) is 1.77. The van der Waals surface area contributed by atoms with Crippen molar-refractivity contribution in [2.24, 2.45) is 0 Å². The first-order valence-corrected chi connectivity index (χ1v) is 4.02. The summed E-state index contributed by atoms with van der Waals surface area (Å²) in [5.74, 6) is 0. The van der Waals surface area contributed by atoms with Gasteiger partial charge in [0.15, 0.2) is 0 Å². The first kappa shape index (κ1) is 7.51. The zero-order valence-corrected chi connectivity index (χ0v) is 6.97. The van der Waals surface area contributed by atoms with E-state index in [1.807, 2.05) is 0 Å². The average molecular weight is 195 g/mol. The molecule has 0 amide bonds. The van der Waals surface area contributed by atoms with Crippen LogP contribution in [0.5, 0.6) is 0 Å². The molecule has 1 N–H and O–H groups in total. The van der Waals surface area contributed by atoms with Gasteiger partial charge >= 0.3 is 0 Å². The summed E-state index contributed by atoms with van der Waals surface area (Å²) in [5.41, 5.74) is 0. The molecule has 0 unspecified atom stereocenters. The van der Waals surface area contributed by atoms with Crippen LogP contribution in [-0.2, 0) is 4.74 Å². The molecule has 9 heavy (non-hydrogen) atoms. The molecule has 3 atom stereocenters. The Morgan fingerprint density at radius 1 is 1.56 bits per heavy atom. The first-order chi connectivity index (χ1) is 4.25. The van der Waals surface area contributed by atoms with Gasteiger partial charge in [-0.05, 0) is 12.8 Å². The maximum absolute atomic E-state index is 9.17. The Bertz CT molecular complexity index is 97.1. The monoisotopic (exact) mass is 194 g/mol. The topological polar surface area (TPSA) is 29.5 Å². The molecule has 0 spiro atoms. The smallest absolute Gasteiger partial charge is 0.0722 e. The molecule has 0 aromatic heterocycles. The summed E-state index contributed by atoms with van der Waals surface area (Å²) in [6.07, 6.45) is 1.82. The second-order valence-corrected chi connectivity index (χ2v) is 3.42. The third-order valence-corrected chi connectivity index (χ3v) is 2.97. The minimum atomic E-state index is -0.213. The van der Waals surface area contributed by atoms with Crippen LogP contribution < -0.4 is 0 Å². The summed E-state index contributed by atoms with van der Waals surface area (Å²) < 4.78 is 5.09. The van der Waals surface area contributed by atoms with Crippen LogP contribution in [0.15, 0.2) is 0 Å². The van der Waals surface area contributed by atoms with Crippen molar-refractivity contribution in [2.75, 3.05) is 7.11 Å². The lowest BCUT2D eigenvalue weighted by Crippen LogP contribution is -2.23. The molecule has 0 radical (unpaired) electrons. The number of halogens is 1. The second-order valence-electron chi connectivity index (χ2n) is 2.36. The number of aliphatic hydroxyl groups excluding tert-OH is 1. The van der Waals surface area contributed by atoms with Crippen LogP contribution in [-0.4, -0.2) is 29.3 Å². The first-order valence-electron chi connectivity index (χ1n) is 3.10. The standard InChI is InChI=1S/C6H11BrO2/c1-9-5-3-2-4(8)6(5)7/h4-6,8H,2-3H2,1H3/t4-,5+,6+/m0/s1. The summed E-state index contributed by atoms with van der Waals surface area (Å²) in [5, 5.41) is 9.17. The van der Waals surface area contributed by atoms with Gasteiger partial charge in [0.1, 0.15) is 0 Å². The maximum atomic E-state index is 9.17. The van der Waals surface area contributed by atoms with Crippen molar-refractivity contribution in [3.05, 3.63) is 0 Å². The molecule has 2 nitrogen and oxygen atoms in total. The highest BCUT2D eigenvalue weighted by atomic mass is 79.9. The van der Waals surface area contributed by atoms with Crippen molar-refractivity contribution in [3.8, 4) is 0 Å². The highest BCUT2D eigenvalue weighted by molar-refractivity contribution is 9.09. The van der Waals surface area contributed by atoms with Crippen LogP contribution >= 0.6 is 15.9 Å².